The molecule has 2 heterocycles. The van der Waals surface area contributed by atoms with Gasteiger partial charge in [-0.15, -0.1) is 0 Å². The second kappa shape index (κ2) is 6.43. The number of ether oxygens (including phenoxy) is 1. The van der Waals surface area contributed by atoms with Crippen LogP contribution in [0.5, 0.6) is 0 Å². The standard InChI is InChI=1S/C14H24N2O4/c1-2-14(4-7-20-8-5-14)10-15-13(19)16-6-3-11(9-16)12(17)18/h11H,2-10H2,1H3,(H,15,19)(H,17,18). The third-order valence-electron chi connectivity index (χ3n) is 4.74. The first-order valence-corrected chi connectivity index (χ1v) is 7.40. The number of aliphatic carboxylic acids is 1. The fourth-order valence-corrected chi connectivity index (χ4v) is 2.98. The average molecular weight is 284 g/mol. The molecule has 0 aromatic carbocycles. The number of carboxylic acid groups (broad SMARTS) is 1. The molecule has 114 valence electrons. The zero-order chi connectivity index (χ0) is 14.6. The monoisotopic (exact) mass is 284 g/mol. The number of carbonyl (C=O) groups is 2. The van der Waals surface area contributed by atoms with Crippen LogP contribution in [0.25, 0.3) is 0 Å². The van der Waals surface area contributed by atoms with E-state index >= 15 is 0 Å². The molecule has 2 fully saturated rings. The van der Waals surface area contributed by atoms with Crippen molar-refractivity contribution in [2.24, 2.45) is 11.3 Å². The zero-order valence-corrected chi connectivity index (χ0v) is 12.1. The Balaban J connectivity index is 1.81. The molecule has 0 bridgehead atoms. The summed E-state index contributed by atoms with van der Waals surface area (Å²) < 4.78 is 5.39. The highest BCUT2D eigenvalue weighted by atomic mass is 16.5. The Bertz CT molecular complexity index is 366. The Kier molecular flexibility index (Phi) is 4.86. The molecule has 0 saturated carbocycles. The summed E-state index contributed by atoms with van der Waals surface area (Å²) in [5, 5.41) is 11.9. The van der Waals surface area contributed by atoms with Crippen molar-refractivity contribution >= 4 is 12.0 Å². The third-order valence-corrected chi connectivity index (χ3v) is 4.74. The van der Waals surface area contributed by atoms with Crippen LogP contribution >= 0.6 is 0 Å². The topological polar surface area (TPSA) is 78.9 Å². The van der Waals surface area contributed by atoms with E-state index in [0.29, 0.717) is 26.1 Å². The van der Waals surface area contributed by atoms with E-state index in [4.69, 9.17) is 9.84 Å². The fraction of sp³-hybridized carbons (Fsp3) is 0.857. The maximum Gasteiger partial charge on any atom is 0.317 e. The van der Waals surface area contributed by atoms with Gasteiger partial charge < -0.3 is 20.1 Å². The van der Waals surface area contributed by atoms with E-state index in [1.807, 2.05) is 0 Å². The molecule has 2 aliphatic heterocycles. The average Bonchev–Trinajstić information content (AvgIpc) is 2.96. The number of nitrogens with one attached hydrogen (secondary N) is 1. The largest absolute Gasteiger partial charge is 0.481 e. The van der Waals surface area contributed by atoms with E-state index in [9.17, 15) is 9.59 Å². The molecule has 2 saturated heterocycles. The summed E-state index contributed by atoms with van der Waals surface area (Å²) in [5.41, 5.74) is 0.139. The van der Waals surface area contributed by atoms with Crippen LogP contribution in [0.1, 0.15) is 32.6 Å². The van der Waals surface area contributed by atoms with Gasteiger partial charge in [0.15, 0.2) is 0 Å². The van der Waals surface area contributed by atoms with Gasteiger partial charge in [0.05, 0.1) is 5.92 Å². The Morgan fingerprint density at radius 1 is 1.40 bits per heavy atom. The molecular formula is C14H24N2O4. The van der Waals surface area contributed by atoms with E-state index in [2.05, 4.69) is 12.2 Å². The maximum atomic E-state index is 12.1. The molecule has 0 radical (unpaired) electrons. The molecule has 6 heteroatoms. The molecule has 0 spiro atoms. The molecule has 2 aliphatic rings. The molecule has 1 atom stereocenters. The van der Waals surface area contributed by atoms with Gasteiger partial charge in [-0.2, -0.15) is 0 Å². The number of carboxylic acids is 1. The molecule has 20 heavy (non-hydrogen) atoms. The van der Waals surface area contributed by atoms with Crippen molar-refractivity contribution in [3.05, 3.63) is 0 Å². The van der Waals surface area contributed by atoms with Crippen molar-refractivity contribution in [2.75, 3.05) is 32.8 Å². The molecule has 0 aromatic rings. The van der Waals surface area contributed by atoms with Gasteiger partial charge in [0, 0.05) is 32.8 Å². The van der Waals surface area contributed by atoms with Crippen molar-refractivity contribution < 1.29 is 19.4 Å². The van der Waals surface area contributed by atoms with Crippen LogP contribution in [0.15, 0.2) is 0 Å². The van der Waals surface area contributed by atoms with E-state index in [1.165, 1.54) is 0 Å². The molecule has 0 aliphatic carbocycles. The second-order valence-corrected chi connectivity index (χ2v) is 5.89. The molecule has 2 amide bonds. The summed E-state index contributed by atoms with van der Waals surface area (Å²) in [4.78, 5) is 24.6. The van der Waals surface area contributed by atoms with Crippen LogP contribution in [0.4, 0.5) is 4.79 Å². The summed E-state index contributed by atoms with van der Waals surface area (Å²) in [6, 6.07) is -0.131. The molecule has 0 aromatic heterocycles. The molecule has 2 N–H and O–H groups in total. The summed E-state index contributed by atoms with van der Waals surface area (Å²) >= 11 is 0. The number of carbonyl (C=O) groups excluding carboxylic acids is 1. The normalized spacial score (nSPS) is 25.4. The SMILES string of the molecule is CCC1(CNC(=O)N2CCC(C(=O)O)C2)CCOCC1. The summed E-state index contributed by atoms with van der Waals surface area (Å²) in [7, 11) is 0. The zero-order valence-electron chi connectivity index (χ0n) is 12.1. The van der Waals surface area contributed by atoms with Crippen molar-refractivity contribution in [1.82, 2.24) is 10.2 Å². The Labute approximate surface area is 119 Å². The predicted octanol–water partition coefficient (Wildman–Crippen LogP) is 1.31. The fourth-order valence-electron chi connectivity index (χ4n) is 2.98. The lowest BCUT2D eigenvalue weighted by molar-refractivity contribution is -0.141. The Hall–Kier alpha value is -1.30. The minimum absolute atomic E-state index is 0.131. The highest BCUT2D eigenvalue weighted by Crippen LogP contribution is 2.33. The van der Waals surface area contributed by atoms with E-state index in [0.717, 1.165) is 32.5 Å². The smallest absolute Gasteiger partial charge is 0.317 e. The van der Waals surface area contributed by atoms with Crippen LogP contribution in [-0.2, 0) is 9.53 Å². The predicted molar refractivity (Wildman–Crippen MR) is 73.5 cm³/mol. The van der Waals surface area contributed by atoms with Crippen LogP contribution < -0.4 is 5.32 Å². The maximum absolute atomic E-state index is 12.1. The van der Waals surface area contributed by atoms with Crippen molar-refractivity contribution in [1.29, 1.82) is 0 Å². The first-order valence-electron chi connectivity index (χ1n) is 7.40. The second-order valence-electron chi connectivity index (χ2n) is 5.89. The lowest BCUT2D eigenvalue weighted by Crippen LogP contribution is -2.46. The van der Waals surface area contributed by atoms with Crippen LogP contribution in [0, 0.1) is 11.3 Å². The summed E-state index contributed by atoms with van der Waals surface area (Å²) in [5.74, 6) is -1.22. The van der Waals surface area contributed by atoms with E-state index < -0.39 is 11.9 Å². The molecule has 1 unspecified atom stereocenters. The minimum atomic E-state index is -0.810. The molecule has 2 rings (SSSR count). The number of rotatable bonds is 4. The van der Waals surface area contributed by atoms with Gasteiger partial charge in [-0.25, -0.2) is 4.79 Å². The van der Waals surface area contributed by atoms with Gasteiger partial charge in [-0.05, 0) is 31.1 Å². The van der Waals surface area contributed by atoms with Crippen LogP contribution in [0.2, 0.25) is 0 Å². The lowest BCUT2D eigenvalue weighted by atomic mass is 9.78. The van der Waals surface area contributed by atoms with Gasteiger partial charge >= 0.3 is 12.0 Å². The molecule has 6 nitrogen and oxygen atoms in total. The number of amides is 2. The van der Waals surface area contributed by atoms with Crippen molar-refractivity contribution in [2.45, 2.75) is 32.6 Å². The molecular weight excluding hydrogens is 260 g/mol. The van der Waals surface area contributed by atoms with Gasteiger partial charge in [-0.3, -0.25) is 4.79 Å². The number of hydrogen-bond donors (Lipinski definition) is 2. The first-order chi connectivity index (χ1) is 9.56. The lowest BCUT2D eigenvalue weighted by Gasteiger charge is -2.36. The van der Waals surface area contributed by atoms with Crippen LogP contribution in [-0.4, -0.2) is 54.9 Å². The first kappa shape index (κ1) is 15.1. The van der Waals surface area contributed by atoms with E-state index in [1.54, 1.807) is 4.90 Å². The minimum Gasteiger partial charge on any atom is -0.481 e. The summed E-state index contributed by atoms with van der Waals surface area (Å²) in [6.07, 6.45) is 3.52. The number of hydrogen-bond acceptors (Lipinski definition) is 3. The van der Waals surface area contributed by atoms with Crippen molar-refractivity contribution in [3.8, 4) is 0 Å². The van der Waals surface area contributed by atoms with Crippen molar-refractivity contribution in [3.63, 3.8) is 0 Å². The summed E-state index contributed by atoms with van der Waals surface area (Å²) in [6.45, 7) is 5.17. The number of urea groups is 1. The van der Waals surface area contributed by atoms with Gasteiger partial charge in [-0.1, -0.05) is 6.92 Å². The van der Waals surface area contributed by atoms with E-state index in [-0.39, 0.29) is 11.4 Å². The highest BCUT2D eigenvalue weighted by molar-refractivity contribution is 5.77. The number of nitrogens with zero attached hydrogens (tertiary/aromatic N) is 1. The van der Waals surface area contributed by atoms with Gasteiger partial charge in [0.2, 0.25) is 0 Å². The highest BCUT2D eigenvalue weighted by Gasteiger charge is 2.34. The number of likely N-dealkylation sites (tertiary alicyclic amines) is 1. The quantitative estimate of drug-likeness (QED) is 0.816. The van der Waals surface area contributed by atoms with Gasteiger partial charge in [0.1, 0.15) is 0 Å². The van der Waals surface area contributed by atoms with Gasteiger partial charge in [0.25, 0.3) is 0 Å². The van der Waals surface area contributed by atoms with Crippen LogP contribution in [0.3, 0.4) is 0 Å². The third kappa shape index (κ3) is 3.42. The Morgan fingerprint density at radius 3 is 2.65 bits per heavy atom. The Morgan fingerprint density at radius 2 is 2.10 bits per heavy atom.